The normalized spacial score (nSPS) is 11.6. The van der Waals surface area contributed by atoms with Crippen LogP contribution in [0.4, 0.5) is 17.1 Å². The van der Waals surface area contributed by atoms with E-state index in [-0.39, 0.29) is 0 Å². The van der Waals surface area contributed by atoms with Gasteiger partial charge in [0.2, 0.25) is 0 Å². The minimum absolute atomic E-state index is 0.895. The van der Waals surface area contributed by atoms with Gasteiger partial charge in [0.25, 0.3) is 0 Å². The summed E-state index contributed by atoms with van der Waals surface area (Å²) in [5.41, 5.74) is 17.6. The lowest BCUT2D eigenvalue weighted by Crippen LogP contribution is -2.09. The van der Waals surface area contributed by atoms with E-state index in [1.54, 1.807) is 0 Å². The molecule has 0 unspecified atom stereocenters. The maximum atomic E-state index is 6.82. The Morgan fingerprint density at radius 3 is 1.33 bits per heavy atom. The summed E-state index contributed by atoms with van der Waals surface area (Å²) in [5.74, 6) is 0. The summed E-state index contributed by atoms with van der Waals surface area (Å²) in [7, 11) is 0. The van der Waals surface area contributed by atoms with Gasteiger partial charge in [-0.3, -0.25) is 0 Å². The van der Waals surface area contributed by atoms with Gasteiger partial charge in [-0.2, -0.15) is 0 Å². The average Bonchev–Trinajstić information content (AvgIpc) is 3.96. The van der Waals surface area contributed by atoms with Gasteiger partial charge >= 0.3 is 0 Å². The van der Waals surface area contributed by atoms with Gasteiger partial charge in [-0.15, -0.1) is 0 Å². The Morgan fingerprint density at radius 1 is 0.284 bits per heavy atom. The molecule has 0 aliphatic heterocycles. The van der Waals surface area contributed by atoms with Crippen molar-refractivity contribution in [3.63, 3.8) is 0 Å². The van der Waals surface area contributed by atoms with Gasteiger partial charge < -0.3 is 13.9 Å². The Bertz CT molecular complexity index is 3900. The van der Waals surface area contributed by atoms with Crippen LogP contribution in [0.2, 0.25) is 0 Å². The molecular weight excluding hydrogens is 813 g/mol. The molecule has 0 radical (unpaired) electrons. The number of hydrogen-bond acceptors (Lipinski definition) is 2. The fourth-order valence-corrected chi connectivity index (χ4v) is 10.2. The number of aromatic nitrogens is 1. The first-order valence-electron chi connectivity index (χ1n) is 22.9. The van der Waals surface area contributed by atoms with E-state index in [0.29, 0.717) is 0 Å². The first kappa shape index (κ1) is 38.5. The molecule has 0 spiro atoms. The van der Waals surface area contributed by atoms with E-state index in [1.807, 2.05) is 0 Å². The van der Waals surface area contributed by atoms with Crippen molar-refractivity contribution in [3.8, 4) is 50.2 Å². The van der Waals surface area contributed by atoms with Gasteiger partial charge in [0.05, 0.1) is 16.7 Å². The van der Waals surface area contributed by atoms with Crippen LogP contribution < -0.4 is 4.90 Å². The largest absolute Gasteiger partial charge is 0.455 e. The van der Waals surface area contributed by atoms with E-state index in [4.69, 9.17) is 4.42 Å². The molecule has 0 bridgehead atoms. The van der Waals surface area contributed by atoms with Crippen molar-refractivity contribution in [1.82, 2.24) is 4.57 Å². The second-order valence-corrected chi connectivity index (χ2v) is 17.3. The van der Waals surface area contributed by atoms with E-state index in [2.05, 4.69) is 264 Å². The number of anilines is 3. The van der Waals surface area contributed by atoms with Gasteiger partial charge in [-0.25, -0.2) is 0 Å². The van der Waals surface area contributed by atoms with Crippen molar-refractivity contribution in [2.24, 2.45) is 0 Å². The number of fused-ring (bicyclic) bond motifs is 7. The first-order chi connectivity index (χ1) is 33.2. The van der Waals surface area contributed by atoms with E-state index in [1.165, 1.54) is 49.3 Å². The lowest BCUT2D eigenvalue weighted by molar-refractivity contribution is 0.671. The van der Waals surface area contributed by atoms with Gasteiger partial charge in [0.1, 0.15) is 11.2 Å². The predicted molar refractivity (Wildman–Crippen MR) is 282 cm³/mol. The van der Waals surface area contributed by atoms with Gasteiger partial charge in [0, 0.05) is 55.3 Å². The van der Waals surface area contributed by atoms with Crippen LogP contribution in [0.15, 0.2) is 259 Å². The van der Waals surface area contributed by atoms with Gasteiger partial charge in [0.15, 0.2) is 0 Å². The molecule has 2 heterocycles. The summed E-state index contributed by atoms with van der Waals surface area (Å²) >= 11 is 0. The van der Waals surface area contributed by atoms with E-state index < -0.39 is 0 Å². The van der Waals surface area contributed by atoms with Crippen LogP contribution in [0, 0.1) is 0 Å². The van der Waals surface area contributed by atoms with Crippen molar-refractivity contribution in [2.45, 2.75) is 0 Å². The number of rotatable bonds is 8. The molecule has 0 aliphatic rings. The highest BCUT2D eigenvalue weighted by Gasteiger charge is 2.19. The summed E-state index contributed by atoms with van der Waals surface area (Å²) in [6, 6.07) is 91.7. The zero-order valence-electron chi connectivity index (χ0n) is 36.6. The van der Waals surface area contributed by atoms with Gasteiger partial charge in [-0.1, -0.05) is 194 Å². The molecule has 0 amide bonds. The molecule has 0 saturated carbocycles. The molecule has 2 aromatic heterocycles. The topological polar surface area (TPSA) is 21.3 Å². The summed E-state index contributed by atoms with van der Waals surface area (Å²) in [5, 5.41) is 7.22. The van der Waals surface area contributed by atoms with Crippen LogP contribution in [0.1, 0.15) is 0 Å². The Hall–Kier alpha value is -8.92. The Kier molecular flexibility index (Phi) is 9.17. The van der Waals surface area contributed by atoms with Crippen LogP contribution in [0.25, 0.3) is 105 Å². The zero-order valence-corrected chi connectivity index (χ0v) is 36.6. The highest BCUT2D eigenvalue weighted by atomic mass is 16.3. The molecule has 0 saturated heterocycles. The molecular formula is C64H42N2O. The van der Waals surface area contributed by atoms with Crippen molar-refractivity contribution in [1.29, 1.82) is 0 Å². The highest BCUT2D eigenvalue weighted by molar-refractivity contribution is 6.13. The minimum Gasteiger partial charge on any atom is -0.455 e. The Labute approximate surface area is 388 Å². The Balaban J connectivity index is 0.903. The third kappa shape index (κ3) is 6.59. The zero-order chi connectivity index (χ0) is 44.3. The van der Waals surface area contributed by atoms with Crippen LogP contribution in [-0.2, 0) is 0 Å². The minimum atomic E-state index is 0.895. The lowest BCUT2D eigenvalue weighted by atomic mass is 9.99. The van der Waals surface area contributed by atoms with Crippen LogP contribution in [-0.4, -0.2) is 4.57 Å². The average molecular weight is 855 g/mol. The monoisotopic (exact) mass is 854 g/mol. The van der Waals surface area contributed by atoms with Crippen molar-refractivity contribution < 1.29 is 4.42 Å². The molecule has 0 N–H and O–H groups in total. The number of benzene rings is 11. The second-order valence-electron chi connectivity index (χ2n) is 17.3. The third-order valence-corrected chi connectivity index (χ3v) is 13.4. The molecule has 0 fully saturated rings. The number of furan rings is 1. The predicted octanol–water partition coefficient (Wildman–Crippen LogP) is 18.0. The molecule has 0 atom stereocenters. The first-order valence-corrected chi connectivity index (χ1v) is 22.9. The summed E-state index contributed by atoms with van der Waals surface area (Å²) in [6.07, 6.45) is 0. The molecule has 314 valence electrons. The highest BCUT2D eigenvalue weighted by Crippen LogP contribution is 2.43. The molecule has 67 heavy (non-hydrogen) atoms. The molecule has 3 nitrogen and oxygen atoms in total. The SMILES string of the molecule is c1ccc(-c2cccc3c2oc2c(-c4ccc(N(c5ccc(-c6ccc7ccccc7c6)cc5)c5ccc(-c6ccccc6-n6c7ccccc7c7ccccc76)cc5)cc4)cccc23)cc1. The quantitative estimate of drug-likeness (QED) is 0.152. The van der Waals surface area contributed by atoms with Crippen LogP contribution >= 0.6 is 0 Å². The fourth-order valence-electron chi connectivity index (χ4n) is 10.2. The molecule has 3 heteroatoms. The van der Waals surface area contributed by atoms with Crippen molar-refractivity contribution in [2.75, 3.05) is 4.90 Å². The van der Waals surface area contributed by atoms with Gasteiger partial charge in [-0.05, 0) is 99.3 Å². The molecule has 0 aliphatic carbocycles. The molecule has 11 aromatic carbocycles. The van der Waals surface area contributed by atoms with E-state index in [0.717, 1.165) is 72.5 Å². The number of para-hydroxylation sites is 5. The maximum Gasteiger partial charge on any atom is 0.143 e. The van der Waals surface area contributed by atoms with Crippen LogP contribution in [0.5, 0.6) is 0 Å². The molecule has 13 aromatic rings. The fraction of sp³-hybridized carbons (Fsp3) is 0. The summed E-state index contributed by atoms with van der Waals surface area (Å²) in [6.45, 7) is 0. The third-order valence-electron chi connectivity index (χ3n) is 13.4. The smallest absolute Gasteiger partial charge is 0.143 e. The summed E-state index contributed by atoms with van der Waals surface area (Å²) < 4.78 is 9.23. The van der Waals surface area contributed by atoms with E-state index in [9.17, 15) is 0 Å². The molecule has 13 rings (SSSR count). The van der Waals surface area contributed by atoms with Crippen molar-refractivity contribution >= 4 is 71.6 Å². The standard InChI is InChI=1S/C64H42N2O/c1-2-15-45(16-3-1)54-21-12-23-58-59-24-13-22-55(64(59)67-63(54)58)47-34-40-52(41-35-47)65(50-36-30-44(31-37-50)49-29-28-43-14-4-5-17-48(43)42-49)51-38-32-46(33-39-51)53-18-6-9-25-60(53)66-61-26-10-7-19-56(61)57-20-8-11-27-62(57)66/h1-42H. The number of nitrogens with zero attached hydrogens (tertiary/aromatic N) is 2. The lowest BCUT2D eigenvalue weighted by Gasteiger charge is -2.26. The number of hydrogen-bond donors (Lipinski definition) is 0. The Morgan fingerprint density at radius 2 is 0.716 bits per heavy atom. The second kappa shape index (κ2) is 16.0. The van der Waals surface area contributed by atoms with Crippen LogP contribution in [0.3, 0.4) is 0 Å². The summed E-state index contributed by atoms with van der Waals surface area (Å²) in [4.78, 5) is 2.35. The maximum absolute atomic E-state index is 6.82. The van der Waals surface area contributed by atoms with E-state index >= 15 is 0 Å². The van der Waals surface area contributed by atoms with Crippen molar-refractivity contribution in [3.05, 3.63) is 255 Å².